The number of nitrogens with zero attached hydrogens (tertiary/aromatic N) is 2. The molecule has 0 bridgehead atoms. The fraction of sp³-hybridized carbons (Fsp3) is 0.600. The van der Waals surface area contributed by atoms with Crippen LogP contribution in [0.5, 0.6) is 0 Å². The number of benzene rings is 1. The summed E-state index contributed by atoms with van der Waals surface area (Å²) in [4.78, 5) is 2.53. The Balaban J connectivity index is 2.01. The summed E-state index contributed by atoms with van der Waals surface area (Å²) in [5, 5.41) is 0. The molecule has 0 spiro atoms. The minimum Gasteiger partial charge on any atom is -0.360 e. The Bertz CT molecular complexity index is 342. The molecule has 94 valence electrons. The zero-order chi connectivity index (χ0) is 12.3. The highest BCUT2D eigenvalue weighted by molar-refractivity contribution is 5.47. The lowest BCUT2D eigenvalue weighted by Gasteiger charge is -2.44. The molecule has 0 amide bonds. The van der Waals surface area contributed by atoms with E-state index in [1.807, 2.05) is 0 Å². The Hall–Kier alpha value is -1.02. The summed E-state index contributed by atoms with van der Waals surface area (Å²) in [6.45, 7) is 14.3. The number of hydrogen-bond donors (Lipinski definition) is 0. The van der Waals surface area contributed by atoms with Gasteiger partial charge in [-0.25, -0.2) is 0 Å². The Morgan fingerprint density at radius 2 is 1.53 bits per heavy atom. The van der Waals surface area contributed by atoms with Crippen molar-refractivity contribution >= 4 is 5.69 Å². The standard InChI is InChI=1S/C15H25N2/c1-4-17(5-2)12-10-16(11-13-17)15-8-6-14(3)7-9-15/h6-9H,4-5,10-13H2,1-3H3/q+1. The minimum atomic E-state index is 1.20. The summed E-state index contributed by atoms with van der Waals surface area (Å²) >= 11 is 0. The fourth-order valence-corrected chi connectivity index (χ4v) is 2.76. The summed E-state index contributed by atoms with van der Waals surface area (Å²) in [6, 6.07) is 8.94. The predicted molar refractivity (Wildman–Crippen MR) is 74.5 cm³/mol. The maximum Gasteiger partial charge on any atom is 0.0965 e. The van der Waals surface area contributed by atoms with Gasteiger partial charge in [-0.1, -0.05) is 17.7 Å². The van der Waals surface area contributed by atoms with Gasteiger partial charge in [-0.15, -0.1) is 0 Å². The monoisotopic (exact) mass is 233 g/mol. The number of aryl methyl sites for hydroxylation is 1. The summed E-state index contributed by atoms with van der Waals surface area (Å²) in [6.07, 6.45) is 0. The third-order valence-corrected chi connectivity index (χ3v) is 4.43. The molecule has 17 heavy (non-hydrogen) atoms. The first-order chi connectivity index (χ1) is 8.19. The van der Waals surface area contributed by atoms with Gasteiger partial charge in [-0.05, 0) is 32.9 Å². The molecule has 0 N–H and O–H groups in total. The molecule has 2 heteroatoms. The van der Waals surface area contributed by atoms with Crippen LogP contribution in [-0.4, -0.2) is 43.8 Å². The molecule has 2 rings (SSSR count). The van der Waals surface area contributed by atoms with Gasteiger partial charge in [0.2, 0.25) is 0 Å². The van der Waals surface area contributed by atoms with E-state index < -0.39 is 0 Å². The van der Waals surface area contributed by atoms with Crippen molar-refractivity contribution < 1.29 is 4.48 Å². The lowest BCUT2D eigenvalue weighted by atomic mass is 10.1. The summed E-state index contributed by atoms with van der Waals surface area (Å²) in [5.74, 6) is 0. The van der Waals surface area contributed by atoms with Crippen molar-refractivity contribution in [3.8, 4) is 0 Å². The van der Waals surface area contributed by atoms with E-state index in [1.165, 1.54) is 55.0 Å². The van der Waals surface area contributed by atoms with Crippen LogP contribution in [0.1, 0.15) is 19.4 Å². The molecule has 1 aliphatic heterocycles. The number of piperazine rings is 1. The lowest BCUT2D eigenvalue weighted by Crippen LogP contribution is -2.59. The van der Waals surface area contributed by atoms with Crippen LogP contribution in [-0.2, 0) is 0 Å². The number of rotatable bonds is 3. The molecule has 1 heterocycles. The van der Waals surface area contributed by atoms with Crippen molar-refractivity contribution in [3.63, 3.8) is 0 Å². The second kappa shape index (κ2) is 5.09. The first-order valence-electron chi connectivity index (χ1n) is 6.86. The van der Waals surface area contributed by atoms with E-state index in [9.17, 15) is 0 Å². The number of likely N-dealkylation sites (N-methyl/N-ethyl adjacent to an activating group) is 1. The second-order valence-electron chi connectivity index (χ2n) is 5.24. The molecule has 1 aromatic carbocycles. The maximum atomic E-state index is 2.53. The molecule has 0 radical (unpaired) electrons. The van der Waals surface area contributed by atoms with E-state index in [0.717, 1.165) is 0 Å². The van der Waals surface area contributed by atoms with E-state index >= 15 is 0 Å². The van der Waals surface area contributed by atoms with Gasteiger partial charge in [0.15, 0.2) is 0 Å². The lowest BCUT2D eigenvalue weighted by molar-refractivity contribution is -0.925. The van der Waals surface area contributed by atoms with Gasteiger partial charge in [-0.3, -0.25) is 0 Å². The molecule has 1 aliphatic rings. The van der Waals surface area contributed by atoms with Gasteiger partial charge in [0.25, 0.3) is 0 Å². The summed E-state index contributed by atoms with van der Waals surface area (Å²) < 4.78 is 1.29. The molecule has 1 saturated heterocycles. The van der Waals surface area contributed by atoms with Gasteiger partial charge >= 0.3 is 0 Å². The van der Waals surface area contributed by atoms with Crippen LogP contribution in [0.4, 0.5) is 5.69 Å². The van der Waals surface area contributed by atoms with Gasteiger partial charge < -0.3 is 9.38 Å². The quantitative estimate of drug-likeness (QED) is 0.726. The third kappa shape index (κ3) is 2.63. The average molecular weight is 233 g/mol. The molecule has 0 aliphatic carbocycles. The Morgan fingerprint density at radius 3 is 2.00 bits per heavy atom. The van der Waals surface area contributed by atoms with Crippen LogP contribution >= 0.6 is 0 Å². The van der Waals surface area contributed by atoms with E-state index in [-0.39, 0.29) is 0 Å². The maximum absolute atomic E-state index is 2.53. The molecule has 2 nitrogen and oxygen atoms in total. The smallest absolute Gasteiger partial charge is 0.0965 e. The van der Waals surface area contributed by atoms with Crippen LogP contribution in [0.15, 0.2) is 24.3 Å². The van der Waals surface area contributed by atoms with Gasteiger partial charge in [0, 0.05) is 5.69 Å². The number of hydrogen-bond acceptors (Lipinski definition) is 1. The van der Waals surface area contributed by atoms with Crippen LogP contribution < -0.4 is 4.90 Å². The Labute approximate surface area is 105 Å². The van der Waals surface area contributed by atoms with Crippen molar-refractivity contribution in [2.45, 2.75) is 20.8 Å². The summed E-state index contributed by atoms with van der Waals surface area (Å²) in [5.41, 5.74) is 2.73. The largest absolute Gasteiger partial charge is 0.360 e. The fourth-order valence-electron chi connectivity index (χ4n) is 2.76. The van der Waals surface area contributed by atoms with E-state index in [1.54, 1.807) is 0 Å². The van der Waals surface area contributed by atoms with Crippen molar-refractivity contribution in [2.24, 2.45) is 0 Å². The first-order valence-corrected chi connectivity index (χ1v) is 6.86. The van der Waals surface area contributed by atoms with Crippen molar-refractivity contribution in [1.82, 2.24) is 0 Å². The first kappa shape index (κ1) is 12.4. The molecule has 1 fully saturated rings. The van der Waals surface area contributed by atoms with Crippen LogP contribution in [0.2, 0.25) is 0 Å². The van der Waals surface area contributed by atoms with E-state index in [0.29, 0.717) is 0 Å². The molecule has 0 aromatic heterocycles. The van der Waals surface area contributed by atoms with E-state index in [4.69, 9.17) is 0 Å². The highest BCUT2D eigenvalue weighted by atomic mass is 15.4. The number of quaternary nitrogens is 1. The highest BCUT2D eigenvalue weighted by Gasteiger charge is 2.29. The minimum absolute atomic E-state index is 1.20. The number of anilines is 1. The third-order valence-electron chi connectivity index (χ3n) is 4.43. The summed E-state index contributed by atoms with van der Waals surface area (Å²) in [7, 11) is 0. The molecule has 0 atom stereocenters. The molecule has 0 unspecified atom stereocenters. The molecular formula is C15H25N2+. The highest BCUT2D eigenvalue weighted by Crippen LogP contribution is 2.20. The molecule has 1 aromatic rings. The molecule has 0 saturated carbocycles. The topological polar surface area (TPSA) is 3.24 Å². The zero-order valence-electron chi connectivity index (χ0n) is 11.4. The van der Waals surface area contributed by atoms with Crippen molar-refractivity contribution in [2.75, 3.05) is 44.2 Å². The zero-order valence-corrected chi connectivity index (χ0v) is 11.4. The van der Waals surface area contributed by atoms with Crippen molar-refractivity contribution in [3.05, 3.63) is 29.8 Å². The van der Waals surface area contributed by atoms with Crippen LogP contribution in [0.25, 0.3) is 0 Å². The van der Waals surface area contributed by atoms with E-state index in [2.05, 4.69) is 49.9 Å². The Morgan fingerprint density at radius 1 is 1.00 bits per heavy atom. The normalized spacial score (nSPS) is 19.4. The van der Waals surface area contributed by atoms with Crippen LogP contribution in [0.3, 0.4) is 0 Å². The van der Waals surface area contributed by atoms with Gasteiger partial charge in [-0.2, -0.15) is 0 Å². The predicted octanol–water partition coefficient (Wildman–Crippen LogP) is 2.67. The van der Waals surface area contributed by atoms with Gasteiger partial charge in [0.1, 0.15) is 0 Å². The second-order valence-corrected chi connectivity index (χ2v) is 5.24. The van der Waals surface area contributed by atoms with Gasteiger partial charge in [0.05, 0.1) is 39.3 Å². The Kier molecular flexibility index (Phi) is 3.72. The van der Waals surface area contributed by atoms with Crippen LogP contribution in [0, 0.1) is 6.92 Å². The average Bonchev–Trinajstić information content (AvgIpc) is 2.40. The SMILES string of the molecule is CC[N+]1(CC)CCN(c2ccc(C)cc2)CC1. The van der Waals surface area contributed by atoms with Crippen molar-refractivity contribution in [1.29, 1.82) is 0 Å². The molecular weight excluding hydrogens is 208 g/mol.